The van der Waals surface area contributed by atoms with Crippen molar-refractivity contribution in [1.82, 2.24) is 19.9 Å². The third kappa shape index (κ3) is 4.16. The lowest BCUT2D eigenvalue weighted by Crippen LogP contribution is -2.26. The summed E-state index contributed by atoms with van der Waals surface area (Å²) in [5.41, 5.74) is 0.173. The normalized spacial score (nSPS) is 11.5. The van der Waals surface area contributed by atoms with Crippen LogP contribution in [0.1, 0.15) is 37.7 Å². The second-order valence-corrected chi connectivity index (χ2v) is 6.68. The smallest absolute Gasteiger partial charge is 0.345 e. The lowest BCUT2D eigenvalue weighted by Gasteiger charge is -2.10. The van der Waals surface area contributed by atoms with E-state index < -0.39 is 17.6 Å². The number of nitrogens with zero attached hydrogens (tertiary/aromatic N) is 3. The molecule has 0 spiro atoms. The van der Waals surface area contributed by atoms with Gasteiger partial charge in [-0.05, 0) is 18.2 Å². The average Bonchev–Trinajstić information content (AvgIpc) is 3.19. The summed E-state index contributed by atoms with van der Waals surface area (Å²) in [7, 11) is 0. The topological polar surface area (TPSA) is 76.4 Å². The summed E-state index contributed by atoms with van der Waals surface area (Å²) in [5.74, 6) is -0.737. The summed E-state index contributed by atoms with van der Waals surface area (Å²) >= 11 is 0. The first kappa shape index (κ1) is 20.3. The van der Waals surface area contributed by atoms with Gasteiger partial charge in [0.05, 0.1) is 17.7 Å². The molecule has 9 heteroatoms. The monoisotopic (exact) mass is 424 g/mol. The maximum absolute atomic E-state index is 13.0. The maximum Gasteiger partial charge on any atom is 0.417 e. The minimum Gasteiger partial charge on any atom is -0.345 e. The van der Waals surface area contributed by atoms with Crippen molar-refractivity contribution in [2.24, 2.45) is 0 Å². The number of aromatic nitrogens is 3. The number of nitrogens with one attached hydrogen (secondary N) is 1. The number of alkyl halides is 3. The molecule has 2 heterocycles. The zero-order chi connectivity index (χ0) is 22.0. The summed E-state index contributed by atoms with van der Waals surface area (Å²) in [6.07, 6.45) is -3.64. The van der Waals surface area contributed by atoms with Gasteiger partial charge >= 0.3 is 6.18 Å². The van der Waals surface area contributed by atoms with Gasteiger partial charge in [-0.25, -0.2) is 0 Å². The second kappa shape index (κ2) is 8.02. The number of rotatable bonds is 5. The highest BCUT2D eigenvalue weighted by molar-refractivity contribution is 6.15. The molecule has 156 valence electrons. The van der Waals surface area contributed by atoms with E-state index in [-0.39, 0.29) is 34.9 Å². The maximum atomic E-state index is 13.0. The van der Waals surface area contributed by atoms with Crippen molar-refractivity contribution >= 4 is 17.3 Å². The van der Waals surface area contributed by atoms with Crippen molar-refractivity contribution in [3.05, 3.63) is 101 Å². The van der Waals surface area contributed by atoms with Crippen molar-refractivity contribution in [1.29, 1.82) is 0 Å². The van der Waals surface area contributed by atoms with Gasteiger partial charge in [-0.1, -0.05) is 48.5 Å². The molecule has 0 saturated carbocycles. The third-order valence-electron chi connectivity index (χ3n) is 4.66. The van der Waals surface area contributed by atoms with Gasteiger partial charge in [0, 0.05) is 17.3 Å². The highest BCUT2D eigenvalue weighted by Gasteiger charge is 2.31. The van der Waals surface area contributed by atoms with Gasteiger partial charge in [-0.3, -0.25) is 14.0 Å². The highest BCUT2D eigenvalue weighted by Crippen LogP contribution is 2.29. The number of carbonyl (C=O) groups excluding carboxylic acids is 2. The number of amides is 1. The predicted octanol–water partition coefficient (Wildman–Crippen LogP) is 3.91. The van der Waals surface area contributed by atoms with Crippen molar-refractivity contribution in [2.45, 2.75) is 12.7 Å². The number of halogens is 3. The summed E-state index contributed by atoms with van der Waals surface area (Å²) in [6, 6.07) is 17.0. The first-order chi connectivity index (χ1) is 14.8. The molecule has 0 radical (unpaired) electrons. The molecule has 31 heavy (non-hydrogen) atoms. The molecule has 0 saturated heterocycles. The van der Waals surface area contributed by atoms with Crippen LogP contribution < -0.4 is 5.32 Å². The minimum absolute atomic E-state index is 0.126. The standard InChI is InChI=1S/C22H15F3N4O2/c23-22(24,25)15-10-11-18-27-28-19(29(18)13-15)12-26-21(31)17-9-5-4-8-16(17)20(30)14-6-2-1-3-7-14/h1-11,13H,12H2,(H,26,31). The summed E-state index contributed by atoms with van der Waals surface area (Å²) in [5, 5.41) is 10.3. The molecule has 6 nitrogen and oxygen atoms in total. The fourth-order valence-electron chi connectivity index (χ4n) is 3.11. The van der Waals surface area contributed by atoms with Crippen LogP contribution >= 0.6 is 0 Å². The Morgan fingerprint density at radius 1 is 0.871 bits per heavy atom. The Balaban J connectivity index is 1.57. The average molecular weight is 424 g/mol. The SMILES string of the molecule is O=C(NCc1nnc2ccc(C(F)(F)F)cn12)c1ccccc1C(=O)c1ccccc1. The summed E-state index contributed by atoms with van der Waals surface area (Å²) in [6.45, 7) is -0.171. The number of carbonyl (C=O) groups is 2. The third-order valence-corrected chi connectivity index (χ3v) is 4.66. The summed E-state index contributed by atoms with van der Waals surface area (Å²) in [4.78, 5) is 25.6. The van der Waals surface area contributed by atoms with Gasteiger partial charge in [0.2, 0.25) is 0 Å². The fourth-order valence-corrected chi connectivity index (χ4v) is 3.11. The van der Waals surface area contributed by atoms with Crippen molar-refractivity contribution < 1.29 is 22.8 Å². The molecule has 1 N–H and O–H groups in total. The molecule has 2 aromatic heterocycles. The number of hydrogen-bond donors (Lipinski definition) is 1. The Bertz CT molecular complexity index is 1270. The molecule has 0 aliphatic rings. The Morgan fingerprint density at radius 3 is 2.26 bits per heavy atom. The van der Waals surface area contributed by atoms with E-state index in [1.54, 1.807) is 48.5 Å². The number of benzene rings is 2. The van der Waals surface area contributed by atoms with Crippen LogP contribution in [0.4, 0.5) is 13.2 Å². The van der Waals surface area contributed by atoms with Gasteiger partial charge in [0.15, 0.2) is 17.3 Å². The molecule has 0 aliphatic heterocycles. The molecule has 4 rings (SSSR count). The quantitative estimate of drug-likeness (QED) is 0.493. The van der Waals surface area contributed by atoms with E-state index in [0.717, 1.165) is 12.3 Å². The lowest BCUT2D eigenvalue weighted by atomic mass is 9.98. The van der Waals surface area contributed by atoms with Crippen LogP contribution in [-0.4, -0.2) is 26.3 Å². The van der Waals surface area contributed by atoms with E-state index in [0.29, 0.717) is 5.56 Å². The number of fused-ring (bicyclic) bond motifs is 1. The van der Waals surface area contributed by atoms with Crippen LogP contribution in [-0.2, 0) is 12.7 Å². The van der Waals surface area contributed by atoms with Crippen LogP contribution in [0.2, 0.25) is 0 Å². The Kier molecular flexibility index (Phi) is 5.24. The van der Waals surface area contributed by atoms with E-state index in [1.807, 2.05) is 0 Å². The molecular formula is C22H15F3N4O2. The number of ketones is 1. The van der Waals surface area contributed by atoms with Gasteiger partial charge in [-0.15, -0.1) is 10.2 Å². The van der Waals surface area contributed by atoms with Gasteiger partial charge in [0.1, 0.15) is 0 Å². The Labute approximate surface area is 174 Å². The molecule has 4 aromatic rings. The highest BCUT2D eigenvalue weighted by atomic mass is 19.4. The Morgan fingerprint density at radius 2 is 1.55 bits per heavy atom. The molecule has 0 atom stereocenters. The number of pyridine rings is 1. The van der Waals surface area contributed by atoms with Crippen molar-refractivity contribution in [2.75, 3.05) is 0 Å². The number of hydrogen-bond acceptors (Lipinski definition) is 4. The minimum atomic E-state index is -4.52. The fraction of sp³-hybridized carbons (Fsp3) is 0.0909. The van der Waals surface area contributed by atoms with Gasteiger partial charge in [0.25, 0.3) is 5.91 Å². The van der Waals surface area contributed by atoms with E-state index in [2.05, 4.69) is 15.5 Å². The predicted molar refractivity (Wildman–Crippen MR) is 105 cm³/mol. The van der Waals surface area contributed by atoms with Gasteiger partial charge < -0.3 is 5.32 Å². The van der Waals surface area contributed by atoms with Crippen LogP contribution in [0.15, 0.2) is 72.9 Å². The van der Waals surface area contributed by atoms with E-state index in [1.165, 1.54) is 16.5 Å². The van der Waals surface area contributed by atoms with Crippen LogP contribution in [0.5, 0.6) is 0 Å². The Hall–Kier alpha value is -4.01. The first-order valence-electron chi connectivity index (χ1n) is 9.22. The zero-order valence-corrected chi connectivity index (χ0v) is 15.9. The summed E-state index contributed by atoms with van der Waals surface area (Å²) < 4.78 is 40.2. The molecular weight excluding hydrogens is 409 g/mol. The lowest BCUT2D eigenvalue weighted by molar-refractivity contribution is -0.137. The molecule has 1 amide bonds. The molecule has 2 aromatic carbocycles. The van der Waals surface area contributed by atoms with Crippen molar-refractivity contribution in [3.63, 3.8) is 0 Å². The van der Waals surface area contributed by atoms with E-state index in [4.69, 9.17) is 0 Å². The first-order valence-corrected chi connectivity index (χ1v) is 9.22. The molecule has 0 bridgehead atoms. The molecule has 0 unspecified atom stereocenters. The van der Waals surface area contributed by atoms with E-state index >= 15 is 0 Å². The van der Waals surface area contributed by atoms with Gasteiger partial charge in [-0.2, -0.15) is 13.2 Å². The van der Waals surface area contributed by atoms with Crippen LogP contribution in [0, 0.1) is 0 Å². The molecule has 0 aliphatic carbocycles. The van der Waals surface area contributed by atoms with E-state index in [9.17, 15) is 22.8 Å². The van der Waals surface area contributed by atoms with Crippen molar-refractivity contribution in [3.8, 4) is 0 Å². The molecule has 0 fully saturated rings. The van der Waals surface area contributed by atoms with Crippen LogP contribution in [0.3, 0.4) is 0 Å². The largest absolute Gasteiger partial charge is 0.417 e. The second-order valence-electron chi connectivity index (χ2n) is 6.68. The van der Waals surface area contributed by atoms with Crippen LogP contribution in [0.25, 0.3) is 5.65 Å². The zero-order valence-electron chi connectivity index (χ0n) is 15.9.